The summed E-state index contributed by atoms with van der Waals surface area (Å²) in [6, 6.07) is 9.84. The first-order chi connectivity index (χ1) is 16.7. The van der Waals surface area contributed by atoms with Crippen molar-refractivity contribution in [3.63, 3.8) is 0 Å². The number of hydrogen-bond donors (Lipinski definition) is 1. The van der Waals surface area contributed by atoms with Gasteiger partial charge in [0.15, 0.2) is 12.5 Å². The van der Waals surface area contributed by atoms with Crippen molar-refractivity contribution >= 4 is 5.91 Å². The molecular formula is C23H29N5O6. The molecule has 4 heterocycles. The predicted molar refractivity (Wildman–Crippen MR) is 119 cm³/mol. The monoisotopic (exact) mass is 471 g/mol. The van der Waals surface area contributed by atoms with Crippen LogP contribution < -0.4 is 5.32 Å². The first kappa shape index (κ1) is 23.1. The molecule has 11 heteroatoms. The van der Waals surface area contributed by atoms with E-state index >= 15 is 0 Å². The molecule has 3 saturated heterocycles. The number of amides is 1. The normalized spacial score (nSPS) is 34.3. The summed E-state index contributed by atoms with van der Waals surface area (Å²) >= 11 is 0. The second kappa shape index (κ2) is 10.3. The van der Waals surface area contributed by atoms with E-state index in [-0.39, 0.29) is 25.3 Å². The molecule has 6 atom stereocenters. The molecule has 5 unspecified atom stereocenters. The maximum Gasteiger partial charge on any atom is 0.248 e. The van der Waals surface area contributed by atoms with E-state index in [1.54, 1.807) is 6.20 Å². The van der Waals surface area contributed by atoms with E-state index in [1.165, 1.54) is 6.08 Å². The van der Waals surface area contributed by atoms with Gasteiger partial charge < -0.3 is 33.9 Å². The molecular weight excluding hydrogens is 442 g/mol. The Hall–Kier alpha value is -2.66. The number of benzene rings is 1. The smallest absolute Gasteiger partial charge is 0.248 e. The van der Waals surface area contributed by atoms with Crippen molar-refractivity contribution in [3.05, 3.63) is 58.6 Å². The van der Waals surface area contributed by atoms with Gasteiger partial charge in [-0.25, -0.2) is 0 Å². The molecule has 11 nitrogen and oxygen atoms in total. The minimum atomic E-state index is -0.931. The number of carbonyl (C=O) groups excluding carboxylic acids is 1. The standard InChI is InChI=1S/C23H29N5O6/c24-27-25-11-10-23(15-32-18-8-4-5-13-30-18)20(31-14-16-6-2-1-3-7-16)19-21(34-23)28-12-9-17(29)26-22(28)33-19/h1-3,6-7,9,12,18-22H,4-5,8,10-11,13-15H2,(H,26,29)/t18?,19?,20?,21?,22?,23-/m1/s1. The molecule has 0 aromatic heterocycles. The van der Waals surface area contributed by atoms with E-state index in [2.05, 4.69) is 15.3 Å². The fraction of sp³-hybridized carbons (Fsp3) is 0.609. The fourth-order valence-electron chi connectivity index (χ4n) is 4.90. The highest BCUT2D eigenvalue weighted by atomic mass is 16.7. The summed E-state index contributed by atoms with van der Waals surface area (Å²) in [7, 11) is 0. The van der Waals surface area contributed by atoms with E-state index < -0.39 is 30.4 Å². The van der Waals surface area contributed by atoms with E-state index in [1.807, 2.05) is 35.2 Å². The zero-order chi connectivity index (χ0) is 23.4. The first-order valence-corrected chi connectivity index (χ1v) is 11.7. The van der Waals surface area contributed by atoms with Crippen molar-refractivity contribution in [1.82, 2.24) is 10.2 Å². The molecule has 0 aliphatic carbocycles. The van der Waals surface area contributed by atoms with Gasteiger partial charge in [-0.2, -0.15) is 0 Å². The lowest BCUT2D eigenvalue weighted by atomic mass is 9.92. The SMILES string of the molecule is [N-]=[N+]=NCC[C@]1(COC2CCCCO2)OC2C(OC3NC(=O)C=CN32)C1OCc1ccccc1. The van der Waals surface area contributed by atoms with Gasteiger partial charge in [-0.1, -0.05) is 35.4 Å². The zero-order valence-corrected chi connectivity index (χ0v) is 18.8. The highest BCUT2D eigenvalue weighted by molar-refractivity contribution is 5.88. The number of nitrogens with one attached hydrogen (secondary N) is 1. The van der Waals surface area contributed by atoms with Crippen molar-refractivity contribution in [3.8, 4) is 0 Å². The van der Waals surface area contributed by atoms with Gasteiger partial charge in [0.25, 0.3) is 0 Å². The molecule has 4 aliphatic rings. The minimum absolute atomic E-state index is 0.197. The van der Waals surface area contributed by atoms with Crippen molar-refractivity contribution in [2.75, 3.05) is 19.8 Å². The third-order valence-corrected chi connectivity index (χ3v) is 6.59. The summed E-state index contributed by atoms with van der Waals surface area (Å²) < 4.78 is 31.2. The Morgan fingerprint density at radius 1 is 1.26 bits per heavy atom. The van der Waals surface area contributed by atoms with Crippen LogP contribution in [0.5, 0.6) is 0 Å². The lowest BCUT2D eigenvalue weighted by Gasteiger charge is -2.38. The first-order valence-electron chi connectivity index (χ1n) is 11.7. The fourth-order valence-corrected chi connectivity index (χ4v) is 4.90. The zero-order valence-electron chi connectivity index (χ0n) is 18.8. The van der Waals surface area contributed by atoms with Crippen LogP contribution in [0.15, 0.2) is 47.7 Å². The number of hydrogen-bond acceptors (Lipinski definition) is 8. The third kappa shape index (κ3) is 4.76. The van der Waals surface area contributed by atoms with Crippen LogP contribution in [0, 0.1) is 0 Å². The van der Waals surface area contributed by atoms with E-state index in [0.717, 1.165) is 24.8 Å². The molecule has 34 heavy (non-hydrogen) atoms. The highest BCUT2D eigenvalue weighted by Gasteiger charge is 2.63. The molecule has 0 radical (unpaired) electrons. The number of carbonyl (C=O) groups is 1. The second-order valence-corrected chi connectivity index (χ2v) is 8.83. The van der Waals surface area contributed by atoms with Gasteiger partial charge in [-0.3, -0.25) is 4.79 Å². The van der Waals surface area contributed by atoms with Gasteiger partial charge >= 0.3 is 0 Å². The lowest BCUT2D eigenvalue weighted by Crippen LogP contribution is -2.53. The largest absolute Gasteiger partial charge is 0.368 e. The molecule has 0 bridgehead atoms. The van der Waals surface area contributed by atoms with Crippen LogP contribution in [0.1, 0.15) is 31.2 Å². The Morgan fingerprint density at radius 2 is 2.15 bits per heavy atom. The van der Waals surface area contributed by atoms with Crippen molar-refractivity contribution in [1.29, 1.82) is 0 Å². The molecule has 182 valence electrons. The average molecular weight is 472 g/mol. The number of azide groups is 1. The number of ether oxygens (including phenoxy) is 5. The van der Waals surface area contributed by atoms with Gasteiger partial charge in [0.2, 0.25) is 12.3 Å². The topological polar surface area (TPSA) is 127 Å². The number of rotatable bonds is 9. The van der Waals surface area contributed by atoms with E-state index in [0.29, 0.717) is 19.6 Å². The summed E-state index contributed by atoms with van der Waals surface area (Å²) in [5.74, 6) is -0.227. The molecule has 3 fully saturated rings. The average Bonchev–Trinajstić information content (AvgIpc) is 3.35. The van der Waals surface area contributed by atoms with Gasteiger partial charge in [-0.15, -0.1) is 0 Å². The Balaban J connectivity index is 1.40. The third-order valence-electron chi connectivity index (χ3n) is 6.59. The maximum absolute atomic E-state index is 11.8. The molecule has 5 rings (SSSR count). The summed E-state index contributed by atoms with van der Waals surface area (Å²) in [5, 5.41) is 6.54. The Bertz CT molecular complexity index is 935. The molecule has 1 amide bonds. The van der Waals surface area contributed by atoms with Crippen molar-refractivity contribution in [2.45, 2.75) is 69.0 Å². The molecule has 1 aromatic carbocycles. The van der Waals surface area contributed by atoms with Crippen LogP contribution in [-0.2, 0) is 35.1 Å². The molecule has 0 spiro atoms. The molecule has 0 saturated carbocycles. The van der Waals surface area contributed by atoms with Crippen LogP contribution in [-0.4, -0.2) is 67.2 Å². The van der Waals surface area contributed by atoms with Gasteiger partial charge in [-0.05, 0) is 36.8 Å². The van der Waals surface area contributed by atoms with E-state index in [9.17, 15) is 4.79 Å². The van der Waals surface area contributed by atoms with E-state index in [4.69, 9.17) is 29.2 Å². The Kier molecular flexibility index (Phi) is 7.00. The Labute approximate surface area is 197 Å². The summed E-state index contributed by atoms with van der Waals surface area (Å²) in [6.07, 6.45) is 3.92. The molecule has 4 aliphatic heterocycles. The summed E-state index contributed by atoms with van der Waals surface area (Å²) in [5.41, 5.74) is 8.95. The van der Waals surface area contributed by atoms with Gasteiger partial charge in [0.05, 0.1) is 13.2 Å². The Morgan fingerprint density at radius 3 is 2.94 bits per heavy atom. The van der Waals surface area contributed by atoms with Crippen LogP contribution in [0.2, 0.25) is 0 Å². The predicted octanol–water partition coefficient (Wildman–Crippen LogP) is 2.54. The number of fused-ring (bicyclic) bond motifs is 3. The quantitative estimate of drug-likeness (QED) is 0.333. The minimum Gasteiger partial charge on any atom is -0.368 e. The van der Waals surface area contributed by atoms with Crippen LogP contribution in [0.25, 0.3) is 10.4 Å². The van der Waals surface area contributed by atoms with Crippen LogP contribution in [0.3, 0.4) is 0 Å². The maximum atomic E-state index is 11.8. The lowest BCUT2D eigenvalue weighted by molar-refractivity contribution is -0.229. The second-order valence-electron chi connectivity index (χ2n) is 8.83. The van der Waals surface area contributed by atoms with Gasteiger partial charge in [0, 0.05) is 30.3 Å². The molecule has 1 N–H and O–H groups in total. The van der Waals surface area contributed by atoms with Gasteiger partial charge in [0.1, 0.15) is 17.8 Å². The van der Waals surface area contributed by atoms with Crippen molar-refractivity contribution < 1.29 is 28.5 Å². The molecule has 1 aromatic rings. The van der Waals surface area contributed by atoms with Crippen LogP contribution >= 0.6 is 0 Å². The van der Waals surface area contributed by atoms with Crippen LogP contribution in [0.4, 0.5) is 0 Å². The number of nitrogens with zero attached hydrogens (tertiary/aromatic N) is 4. The van der Waals surface area contributed by atoms with Crippen molar-refractivity contribution in [2.24, 2.45) is 5.11 Å². The summed E-state index contributed by atoms with van der Waals surface area (Å²) in [6.45, 7) is 1.42. The summed E-state index contributed by atoms with van der Waals surface area (Å²) in [4.78, 5) is 16.6. The highest BCUT2D eigenvalue weighted by Crippen LogP contribution is 2.45.